The first kappa shape index (κ1) is 17.9. The number of hydrogen-bond acceptors (Lipinski definition) is 4. The van der Waals surface area contributed by atoms with Crippen molar-refractivity contribution in [3.63, 3.8) is 0 Å². The number of ketones is 1. The topological polar surface area (TPSA) is 72.0 Å². The molecule has 1 heterocycles. The quantitative estimate of drug-likeness (QED) is 0.749. The molecule has 3 aromatic rings. The van der Waals surface area contributed by atoms with Crippen LogP contribution in [0.15, 0.2) is 54.7 Å². The SMILES string of the molecule is O=C(Nc1ncc2c(n1)CC(c1ccc(F)cc1)CC2=O)c1ccc(F)cc1. The van der Waals surface area contributed by atoms with E-state index in [0.717, 1.165) is 5.56 Å². The van der Waals surface area contributed by atoms with Crippen molar-refractivity contribution in [1.82, 2.24) is 9.97 Å². The Labute approximate surface area is 159 Å². The Balaban J connectivity index is 1.56. The third-order valence-electron chi connectivity index (χ3n) is 4.71. The number of anilines is 1. The molecule has 7 heteroatoms. The van der Waals surface area contributed by atoms with Crippen molar-refractivity contribution in [3.8, 4) is 0 Å². The monoisotopic (exact) mass is 379 g/mol. The van der Waals surface area contributed by atoms with Crippen molar-refractivity contribution >= 4 is 17.6 Å². The number of carbonyl (C=O) groups is 2. The van der Waals surface area contributed by atoms with Crippen molar-refractivity contribution in [2.75, 3.05) is 5.32 Å². The largest absolute Gasteiger partial charge is 0.294 e. The molecule has 0 saturated carbocycles. The second kappa shape index (κ2) is 7.26. The van der Waals surface area contributed by atoms with Gasteiger partial charge in [0.25, 0.3) is 5.91 Å². The summed E-state index contributed by atoms with van der Waals surface area (Å²) < 4.78 is 26.1. The van der Waals surface area contributed by atoms with Crippen LogP contribution < -0.4 is 5.32 Å². The lowest BCUT2D eigenvalue weighted by atomic mass is 9.82. The Morgan fingerprint density at radius 2 is 1.61 bits per heavy atom. The number of nitrogens with zero attached hydrogens (tertiary/aromatic N) is 2. The minimum Gasteiger partial charge on any atom is -0.294 e. The van der Waals surface area contributed by atoms with Crippen LogP contribution in [0.5, 0.6) is 0 Å². The molecule has 5 nitrogen and oxygen atoms in total. The normalized spacial score (nSPS) is 15.8. The van der Waals surface area contributed by atoms with Crippen molar-refractivity contribution in [2.24, 2.45) is 0 Å². The first-order chi connectivity index (χ1) is 13.5. The van der Waals surface area contributed by atoms with E-state index in [-0.39, 0.29) is 29.0 Å². The van der Waals surface area contributed by atoms with Gasteiger partial charge in [0.05, 0.1) is 11.3 Å². The van der Waals surface area contributed by atoms with E-state index in [0.29, 0.717) is 24.1 Å². The maximum Gasteiger partial charge on any atom is 0.258 e. The van der Waals surface area contributed by atoms with E-state index >= 15 is 0 Å². The summed E-state index contributed by atoms with van der Waals surface area (Å²) in [5.74, 6) is -1.38. The molecule has 4 rings (SSSR count). The van der Waals surface area contributed by atoms with E-state index in [4.69, 9.17) is 0 Å². The van der Waals surface area contributed by atoms with Gasteiger partial charge in [0, 0.05) is 18.2 Å². The van der Waals surface area contributed by atoms with Gasteiger partial charge >= 0.3 is 0 Å². The van der Waals surface area contributed by atoms with E-state index in [9.17, 15) is 18.4 Å². The summed E-state index contributed by atoms with van der Waals surface area (Å²) >= 11 is 0. The third kappa shape index (κ3) is 3.64. The van der Waals surface area contributed by atoms with E-state index in [2.05, 4.69) is 15.3 Å². The van der Waals surface area contributed by atoms with Crippen molar-refractivity contribution in [3.05, 3.63) is 88.7 Å². The van der Waals surface area contributed by atoms with Crippen LogP contribution in [0, 0.1) is 11.6 Å². The van der Waals surface area contributed by atoms with Crippen LogP contribution in [0.4, 0.5) is 14.7 Å². The molecule has 1 amide bonds. The number of fused-ring (bicyclic) bond motifs is 1. The summed E-state index contributed by atoms with van der Waals surface area (Å²) in [6.07, 6.45) is 2.18. The Morgan fingerprint density at radius 3 is 2.29 bits per heavy atom. The van der Waals surface area contributed by atoms with Crippen LogP contribution in [0.25, 0.3) is 0 Å². The number of halogens is 2. The molecule has 2 aromatic carbocycles. The smallest absolute Gasteiger partial charge is 0.258 e. The summed E-state index contributed by atoms with van der Waals surface area (Å²) in [5.41, 5.74) is 2.09. The van der Waals surface area contributed by atoms with Gasteiger partial charge in [0.15, 0.2) is 5.78 Å². The van der Waals surface area contributed by atoms with Crippen molar-refractivity contribution < 1.29 is 18.4 Å². The summed E-state index contributed by atoms with van der Waals surface area (Å²) in [5, 5.41) is 2.56. The number of nitrogens with one attached hydrogen (secondary N) is 1. The third-order valence-corrected chi connectivity index (χ3v) is 4.71. The van der Waals surface area contributed by atoms with E-state index < -0.39 is 11.7 Å². The molecule has 1 N–H and O–H groups in total. The molecule has 0 bridgehead atoms. The number of hydrogen-bond donors (Lipinski definition) is 1. The molecular formula is C21H15F2N3O2. The van der Waals surface area contributed by atoms with E-state index in [1.54, 1.807) is 12.1 Å². The second-order valence-electron chi connectivity index (χ2n) is 6.59. The highest BCUT2D eigenvalue weighted by molar-refractivity contribution is 6.03. The molecule has 0 radical (unpaired) electrons. The van der Waals surface area contributed by atoms with Gasteiger partial charge in [-0.05, 0) is 54.3 Å². The zero-order valence-corrected chi connectivity index (χ0v) is 14.7. The fourth-order valence-corrected chi connectivity index (χ4v) is 3.25. The Bertz CT molecular complexity index is 1050. The molecule has 140 valence electrons. The number of amides is 1. The molecule has 28 heavy (non-hydrogen) atoms. The Kier molecular flexibility index (Phi) is 4.65. The standard InChI is InChI=1S/C21H15F2N3O2/c22-15-5-1-12(2-6-15)14-9-18-17(19(27)10-14)11-24-21(25-18)26-20(28)13-3-7-16(23)8-4-13/h1-8,11,14H,9-10H2,(H,24,25,26,28). The predicted molar refractivity (Wildman–Crippen MR) is 98.2 cm³/mol. The summed E-state index contributed by atoms with van der Waals surface area (Å²) in [6.45, 7) is 0. The highest BCUT2D eigenvalue weighted by Gasteiger charge is 2.28. The minimum atomic E-state index is -0.475. The number of rotatable bonds is 3. The lowest BCUT2D eigenvalue weighted by Crippen LogP contribution is -2.22. The molecular weight excluding hydrogens is 364 g/mol. The predicted octanol–water partition coefficient (Wildman–Crippen LogP) is 3.92. The van der Waals surface area contributed by atoms with Gasteiger partial charge in [-0.3, -0.25) is 14.9 Å². The Hall–Kier alpha value is -3.48. The maximum absolute atomic E-state index is 13.2. The molecule has 1 atom stereocenters. The van der Waals surface area contributed by atoms with Crippen molar-refractivity contribution in [1.29, 1.82) is 0 Å². The summed E-state index contributed by atoms with van der Waals surface area (Å²) in [6, 6.07) is 11.2. The van der Waals surface area contributed by atoms with Crippen LogP contribution in [-0.4, -0.2) is 21.7 Å². The molecule has 0 spiro atoms. The Morgan fingerprint density at radius 1 is 0.964 bits per heavy atom. The van der Waals surface area contributed by atoms with Gasteiger partial charge in [-0.2, -0.15) is 0 Å². The van der Waals surface area contributed by atoms with Crippen LogP contribution in [0.3, 0.4) is 0 Å². The summed E-state index contributed by atoms with van der Waals surface area (Å²) in [7, 11) is 0. The molecule has 1 aliphatic rings. The second-order valence-corrected chi connectivity index (χ2v) is 6.59. The average molecular weight is 379 g/mol. The highest BCUT2D eigenvalue weighted by Crippen LogP contribution is 2.32. The van der Waals surface area contributed by atoms with E-state index in [1.165, 1.54) is 42.6 Å². The van der Waals surface area contributed by atoms with Gasteiger partial charge < -0.3 is 0 Å². The molecule has 0 aliphatic heterocycles. The number of Topliss-reactive ketones (excluding diaryl/α,β-unsaturated/α-hetero) is 1. The van der Waals surface area contributed by atoms with Crippen LogP contribution in [0.2, 0.25) is 0 Å². The maximum atomic E-state index is 13.2. The lowest BCUT2D eigenvalue weighted by Gasteiger charge is -2.23. The highest BCUT2D eigenvalue weighted by atomic mass is 19.1. The number of carbonyl (C=O) groups excluding carboxylic acids is 2. The molecule has 1 aliphatic carbocycles. The van der Waals surface area contributed by atoms with E-state index in [1.807, 2.05) is 0 Å². The fourth-order valence-electron chi connectivity index (χ4n) is 3.25. The zero-order chi connectivity index (χ0) is 19.7. The molecule has 0 saturated heterocycles. The fraction of sp³-hybridized carbons (Fsp3) is 0.143. The molecule has 0 fully saturated rings. The molecule has 1 aromatic heterocycles. The van der Waals surface area contributed by atoms with Crippen LogP contribution in [0.1, 0.15) is 44.3 Å². The zero-order valence-electron chi connectivity index (χ0n) is 14.7. The van der Waals surface area contributed by atoms with Gasteiger partial charge in [0.1, 0.15) is 11.6 Å². The van der Waals surface area contributed by atoms with Gasteiger partial charge in [-0.1, -0.05) is 12.1 Å². The first-order valence-electron chi connectivity index (χ1n) is 8.71. The number of benzene rings is 2. The number of aromatic nitrogens is 2. The summed E-state index contributed by atoms with van der Waals surface area (Å²) in [4.78, 5) is 33.1. The first-order valence-corrected chi connectivity index (χ1v) is 8.71. The lowest BCUT2D eigenvalue weighted by molar-refractivity contribution is 0.0962. The van der Waals surface area contributed by atoms with Crippen LogP contribution >= 0.6 is 0 Å². The molecule has 1 unspecified atom stereocenters. The van der Waals surface area contributed by atoms with Crippen molar-refractivity contribution in [2.45, 2.75) is 18.8 Å². The van der Waals surface area contributed by atoms with Gasteiger partial charge in [0.2, 0.25) is 5.95 Å². The average Bonchev–Trinajstić information content (AvgIpc) is 2.68. The van der Waals surface area contributed by atoms with Gasteiger partial charge in [-0.25, -0.2) is 18.7 Å². The minimum absolute atomic E-state index is 0.0700. The van der Waals surface area contributed by atoms with Gasteiger partial charge in [-0.15, -0.1) is 0 Å². The van der Waals surface area contributed by atoms with Crippen LogP contribution in [-0.2, 0) is 6.42 Å².